The van der Waals surface area contributed by atoms with Crippen molar-refractivity contribution in [2.45, 2.75) is 25.4 Å². The predicted octanol–water partition coefficient (Wildman–Crippen LogP) is 3.22. The van der Waals surface area contributed by atoms with E-state index >= 15 is 0 Å². The van der Waals surface area contributed by atoms with E-state index in [1.807, 2.05) is 41.0 Å². The summed E-state index contributed by atoms with van der Waals surface area (Å²) >= 11 is 0. The predicted molar refractivity (Wildman–Crippen MR) is 112 cm³/mol. The highest BCUT2D eigenvalue weighted by atomic mass is 32.2. The second-order valence-electron chi connectivity index (χ2n) is 7.12. The first-order valence-electron chi connectivity index (χ1n) is 9.65. The highest BCUT2D eigenvalue weighted by molar-refractivity contribution is 7.89. The zero-order chi connectivity index (χ0) is 20.4. The largest absolute Gasteiger partial charge is 0.497 e. The summed E-state index contributed by atoms with van der Waals surface area (Å²) in [6.07, 6.45) is 3.30. The van der Waals surface area contributed by atoms with Gasteiger partial charge in [-0.2, -0.15) is 4.31 Å². The molecule has 0 saturated carbocycles. The van der Waals surface area contributed by atoms with Gasteiger partial charge in [0.25, 0.3) is 0 Å². The van der Waals surface area contributed by atoms with Crippen molar-refractivity contribution in [1.82, 2.24) is 13.9 Å². The number of aryl methyl sites for hydroxylation is 1. The number of imidazole rings is 1. The molecule has 29 heavy (non-hydrogen) atoms. The summed E-state index contributed by atoms with van der Waals surface area (Å²) in [6.45, 7) is 0.888. The van der Waals surface area contributed by atoms with Gasteiger partial charge in [0.1, 0.15) is 11.5 Å². The summed E-state index contributed by atoms with van der Waals surface area (Å²) in [7, 11) is -0.254. The molecular weight excluding hydrogens is 390 g/mol. The molecule has 1 fully saturated rings. The van der Waals surface area contributed by atoms with Gasteiger partial charge in [-0.05, 0) is 31.0 Å². The van der Waals surface area contributed by atoms with Gasteiger partial charge in [0.15, 0.2) is 0 Å². The van der Waals surface area contributed by atoms with E-state index in [1.54, 1.807) is 30.9 Å². The van der Waals surface area contributed by atoms with Crippen LogP contribution in [0, 0.1) is 0 Å². The summed E-state index contributed by atoms with van der Waals surface area (Å²) in [5.74, 6) is 1.37. The molecule has 4 rings (SSSR count). The third-order valence-electron chi connectivity index (χ3n) is 5.48. The Hall–Kier alpha value is -2.58. The van der Waals surface area contributed by atoms with Crippen molar-refractivity contribution in [2.24, 2.45) is 0 Å². The van der Waals surface area contributed by atoms with Gasteiger partial charge < -0.3 is 14.0 Å². The van der Waals surface area contributed by atoms with Gasteiger partial charge >= 0.3 is 0 Å². The molecule has 1 atom stereocenters. The van der Waals surface area contributed by atoms with Crippen molar-refractivity contribution < 1.29 is 17.9 Å². The lowest BCUT2D eigenvalue weighted by Gasteiger charge is -2.26. The van der Waals surface area contributed by atoms with Crippen LogP contribution in [0.25, 0.3) is 11.0 Å². The van der Waals surface area contributed by atoms with Gasteiger partial charge in [-0.25, -0.2) is 13.4 Å². The lowest BCUT2D eigenvalue weighted by atomic mass is 10.0. The van der Waals surface area contributed by atoms with Crippen LogP contribution in [-0.4, -0.2) is 48.8 Å². The fourth-order valence-corrected chi connectivity index (χ4v) is 5.67. The number of methoxy groups -OCH3 is 2. The molecule has 0 N–H and O–H groups in total. The van der Waals surface area contributed by atoms with Crippen LogP contribution in [0.2, 0.25) is 0 Å². The van der Waals surface area contributed by atoms with Gasteiger partial charge in [0, 0.05) is 24.7 Å². The number of sulfonamides is 1. The number of nitrogens with zero attached hydrogens (tertiary/aromatic N) is 3. The molecule has 0 bridgehead atoms. The van der Waals surface area contributed by atoms with Gasteiger partial charge in [-0.1, -0.05) is 18.2 Å². The van der Waals surface area contributed by atoms with Crippen molar-refractivity contribution in [2.75, 3.05) is 26.5 Å². The zero-order valence-corrected chi connectivity index (χ0v) is 17.4. The van der Waals surface area contributed by atoms with Crippen LogP contribution in [0.3, 0.4) is 0 Å². The molecule has 1 aromatic heterocycles. The highest BCUT2D eigenvalue weighted by Crippen LogP contribution is 2.40. The van der Waals surface area contributed by atoms with Crippen molar-refractivity contribution in [3.63, 3.8) is 0 Å². The smallest absolute Gasteiger partial charge is 0.216 e. The molecule has 2 heterocycles. The van der Waals surface area contributed by atoms with Gasteiger partial charge in [0.05, 0.1) is 43.4 Å². The zero-order valence-electron chi connectivity index (χ0n) is 16.6. The maximum Gasteiger partial charge on any atom is 0.216 e. The number of rotatable bonds is 7. The fourth-order valence-electron chi connectivity index (χ4n) is 4.00. The Morgan fingerprint density at radius 2 is 1.97 bits per heavy atom. The molecule has 0 amide bonds. The first-order chi connectivity index (χ1) is 14.0. The summed E-state index contributed by atoms with van der Waals surface area (Å²) in [5, 5.41) is 0. The van der Waals surface area contributed by atoms with Crippen molar-refractivity contribution in [3.05, 3.63) is 54.4 Å². The Labute approximate surface area is 170 Å². The third kappa shape index (κ3) is 3.82. The SMILES string of the molecule is COc1ccc([C@@H]2CCCN2S(=O)(=O)CCn2cnc3ccccc32)c(OC)c1. The Morgan fingerprint density at radius 1 is 1.14 bits per heavy atom. The van der Waals surface area contributed by atoms with E-state index in [0.29, 0.717) is 24.6 Å². The second kappa shape index (κ2) is 8.04. The Kier molecular flexibility index (Phi) is 5.47. The van der Waals surface area contributed by atoms with E-state index in [1.165, 1.54) is 0 Å². The van der Waals surface area contributed by atoms with Crippen molar-refractivity contribution in [1.29, 1.82) is 0 Å². The molecule has 7 nitrogen and oxygen atoms in total. The minimum atomic E-state index is -3.44. The minimum Gasteiger partial charge on any atom is -0.497 e. The number of para-hydroxylation sites is 2. The summed E-state index contributed by atoms with van der Waals surface area (Å²) in [4.78, 5) is 4.34. The Morgan fingerprint density at radius 3 is 2.76 bits per heavy atom. The monoisotopic (exact) mass is 415 g/mol. The Balaban J connectivity index is 1.56. The number of ether oxygens (including phenoxy) is 2. The van der Waals surface area contributed by atoms with E-state index < -0.39 is 10.0 Å². The summed E-state index contributed by atoms with van der Waals surface area (Å²) < 4.78 is 40.7. The molecule has 1 saturated heterocycles. The fraction of sp³-hybridized carbons (Fsp3) is 0.381. The number of hydrogen-bond donors (Lipinski definition) is 0. The molecule has 8 heteroatoms. The first kappa shape index (κ1) is 19.7. The van der Waals surface area contributed by atoms with Crippen molar-refractivity contribution in [3.8, 4) is 11.5 Å². The first-order valence-corrected chi connectivity index (χ1v) is 11.3. The average molecular weight is 416 g/mol. The quantitative estimate of drug-likeness (QED) is 0.592. The number of fused-ring (bicyclic) bond motifs is 1. The van der Waals surface area contributed by atoms with Crippen LogP contribution in [0.5, 0.6) is 11.5 Å². The average Bonchev–Trinajstić information content (AvgIpc) is 3.39. The number of aromatic nitrogens is 2. The van der Waals surface area contributed by atoms with Crippen molar-refractivity contribution >= 4 is 21.1 Å². The number of benzene rings is 2. The van der Waals surface area contributed by atoms with E-state index in [2.05, 4.69) is 4.98 Å². The molecule has 1 aliphatic heterocycles. The molecule has 0 radical (unpaired) electrons. The molecule has 2 aromatic carbocycles. The van der Waals surface area contributed by atoms with E-state index in [4.69, 9.17) is 9.47 Å². The van der Waals surface area contributed by atoms with Crippen LogP contribution in [-0.2, 0) is 16.6 Å². The maximum atomic E-state index is 13.2. The molecule has 1 aliphatic rings. The maximum absolute atomic E-state index is 13.2. The van der Waals surface area contributed by atoms with Crippen LogP contribution in [0.4, 0.5) is 0 Å². The third-order valence-corrected chi connectivity index (χ3v) is 7.33. The van der Waals surface area contributed by atoms with Crippen LogP contribution >= 0.6 is 0 Å². The van der Waals surface area contributed by atoms with E-state index in [-0.39, 0.29) is 11.8 Å². The molecule has 3 aromatic rings. The lowest BCUT2D eigenvalue weighted by Crippen LogP contribution is -2.34. The molecular formula is C21H25N3O4S. The molecule has 0 spiro atoms. The highest BCUT2D eigenvalue weighted by Gasteiger charge is 2.36. The topological polar surface area (TPSA) is 73.7 Å². The van der Waals surface area contributed by atoms with Gasteiger partial charge in [-0.15, -0.1) is 0 Å². The summed E-state index contributed by atoms with van der Waals surface area (Å²) in [5.41, 5.74) is 2.69. The van der Waals surface area contributed by atoms with E-state index in [0.717, 1.165) is 29.4 Å². The lowest BCUT2D eigenvalue weighted by molar-refractivity contribution is 0.361. The molecule has 0 aliphatic carbocycles. The van der Waals surface area contributed by atoms with Crippen LogP contribution in [0.15, 0.2) is 48.8 Å². The Bertz CT molecular complexity index is 1110. The number of hydrogen-bond acceptors (Lipinski definition) is 5. The van der Waals surface area contributed by atoms with Gasteiger partial charge in [0.2, 0.25) is 10.0 Å². The summed E-state index contributed by atoms with van der Waals surface area (Å²) in [6, 6.07) is 13.1. The molecule has 154 valence electrons. The second-order valence-corrected chi connectivity index (χ2v) is 9.16. The van der Waals surface area contributed by atoms with Gasteiger partial charge in [-0.3, -0.25) is 0 Å². The van der Waals surface area contributed by atoms with Crippen LogP contribution < -0.4 is 9.47 Å². The minimum absolute atomic E-state index is 0.0301. The normalized spacial score (nSPS) is 17.7. The van der Waals surface area contributed by atoms with Crippen LogP contribution in [0.1, 0.15) is 24.4 Å². The van der Waals surface area contributed by atoms with E-state index in [9.17, 15) is 8.42 Å². The molecule has 0 unspecified atom stereocenters. The standard InChI is InChI=1S/C21H25N3O4S/c1-27-16-9-10-17(21(14-16)28-2)19-8-5-11-24(19)29(25,26)13-12-23-15-22-18-6-3-4-7-20(18)23/h3-4,6-7,9-10,14-15,19H,5,8,11-13H2,1-2H3/t19-/m0/s1.